The summed E-state index contributed by atoms with van der Waals surface area (Å²) in [7, 11) is 0. The van der Waals surface area contributed by atoms with Crippen LogP contribution in [0.2, 0.25) is 0 Å². The SMILES string of the molecule is OC(CNCC(F)(F)c1ccccc1)C1CC1. The zero-order chi connectivity index (χ0) is 12.3. The number of rotatable bonds is 6. The van der Waals surface area contributed by atoms with Gasteiger partial charge in [-0.1, -0.05) is 30.3 Å². The average Bonchev–Trinajstić information content (AvgIpc) is 3.14. The van der Waals surface area contributed by atoms with E-state index < -0.39 is 18.6 Å². The summed E-state index contributed by atoms with van der Waals surface area (Å²) in [5.74, 6) is -2.57. The molecule has 0 heterocycles. The maximum absolute atomic E-state index is 13.7. The molecule has 0 radical (unpaired) electrons. The summed E-state index contributed by atoms with van der Waals surface area (Å²) in [6, 6.07) is 7.74. The molecule has 0 spiro atoms. The fourth-order valence-electron chi connectivity index (χ4n) is 1.81. The van der Waals surface area contributed by atoms with Crippen LogP contribution in [-0.2, 0) is 5.92 Å². The standard InChI is InChI=1S/C13H17F2NO/c14-13(15,11-4-2-1-3-5-11)9-16-8-12(17)10-6-7-10/h1-5,10,12,16-17H,6-9H2. The van der Waals surface area contributed by atoms with Crippen LogP contribution in [0.3, 0.4) is 0 Å². The molecular formula is C13H17F2NO. The minimum atomic E-state index is -2.88. The van der Waals surface area contributed by atoms with Crippen LogP contribution in [0.5, 0.6) is 0 Å². The van der Waals surface area contributed by atoms with Crippen molar-refractivity contribution < 1.29 is 13.9 Å². The van der Waals surface area contributed by atoms with E-state index >= 15 is 0 Å². The first-order valence-electron chi connectivity index (χ1n) is 5.92. The van der Waals surface area contributed by atoms with E-state index in [1.807, 2.05) is 0 Å². The van der Waals surface area contributed by atoms with Crippen LogP contribution in [0.15, 0.2) is 30.3 Å². The molecule has 94 valence electrons. The van der Waals surface area contributed by atoms with E-state index in [1.54, 1.807) is 18.2 Å². The molecule has 0 bridgehead atoms. The van der Waals surface area contributed by atoms with Crippen LogP contribution in [0.25, 0.3) is 0 Å². The number of hydrogen-bond donors (Lipinski definition) is 2. The highest BCUT2D eigenvalue weighted by Crippen LogP contribution is 2.32. The molecule has 2 rings (SSSR count). The van der Waals surface area contributed by atoms with Gasteiger partial charge in [0.2, 0.25) is 0 Å². The first-order chi connectivity index (χ1) is 8.09. The summed E-state index contributed by atoms with van der Waals surface area (Å²) < 4.78 is 27.4. The van der Waals surface area contributed by atoms with Crippen molar-refractivity contribution in [3.8, 4) is 0 Å². The second-order valence-electron chi connectivity index (χ2n) is 4.61. The van der Waals surface area contributed by atoms with Gasteiger partial charge in [-0.25, -0.2) is 0 Å². The Labute approximate surface area is 99.7 Å². The van der Waals surface area contributed by atoms with Gasteiger partial charge in [-0.05, 0) is 18.8 Å². The van der Waals surface area contributed by atoms with Crippen molar-refractivity contribution in [1.82, 2.24) is 5.32 Å². The van der Waals surface area contributed by atoms with Gasteiger partial charge in [0.1, 0.15) is 0 Å². The molecule has 1 aliphatic carbocycles. The van der Waals surface area contributed by atoms with Gasteiger partial charge >= 0.3 is 0 Å². The summed E-state index contributed by atoms with van der Waals surface area (Å²) in [6.45, 7) is -0.187. The summed E-state index contributed by atoms with van der Waals surface area (Å²) in [4.78, 5) is 0. The Morgan fingerprint density at radius 3 is 2.53 bits per heavy atom. The predicted octanol–water partition coefficient (Wildman–Crippen LogP) is 2.14. The Morgan fingerprint density at radius 1 is 1.29 bits per heavy atom. The average molecular weight is 241 g/mol. The van der Waals surface area contributed by atoms with Crippen LogP contribution in [0.4, 0.5) is 8.78 Å². The van der Waals surface area contributed by atoms with Crippen LogP contribution in [0, 0.1) is 5.92 Å². The second kappa shape index (κ2) is 5.10. The number of aliphatic hydroxyl groups excluding tert-OH is 1. The quantitative estimate of drug-likeness (QED) is 0.799. The molecule has 0 aromatic heterocycles. The third kappa shape index (κ3) is 3.48. The Hall–Kier alpha value is -1.00. The van der Waals surface area contributed by atoms with E-state index in [1.165, 1.54) is 12.1 Å². The van der Waals surface area contributed by atoms with Crippen molar-refractivity contribution in [2.24, 2.45) is 5.92 Å². The largest absolute Gasteiger partial charge is 0.392 e. The lowest BCUT2D eigenvalue weighted by atomic mass is 10.1. The minimum Gasteiger partial charge on any atom is -0.392 e. The lowest BCUT2D eigenvalue weighted by Crippen LogP contribution is -2.36. The van der Waals surface area contributed by atoms with Gasteiger partial charge in [-0.2, -0.15) is 8.78 Å². The van der Waals surface area contributed by atoms with Crippen LogP contribution >= 0.6 is 0 Å². The highest BCUT2D eigenvalue weighted by atomic mass is 19.3. The molecule has 2 N–H and O–H groups in total. The van der Waals surface area contributed by atoms with Crippen molar-refractivity contribution in [3.05, 3.63) is 35.9 Å². The van der Waals surface area contributed by atoms with E-state index in [9.17, 15) is 13.9 Å². The van der Waals surface area contributed by atoms with E-state index in [2.05, 4.69) is 5.32 Å². The molecule has 2 nitrogen and oxygen atoms in total. The first kappa shape index (κ1) is 12.5. The summed E-state index contributed by atoms with van der Waals surface area (Å²) in [5, 5.41) is 12.2. The number of nitrogens with one attached hydrogen (secondary N) is 1. The van der Waals surface area contributed by atoms with Gasteiger partial charge in [0.05, 0.1) is 12.6 Å². The molecule has 1 atom stereocenters. The zero-order valence-corrected chi connectivity index (χ0v) is 9.57. The lowest BCUT2D eigenvalue weighted by Gasteiger charge is -2.18. The van der Waals surface area contributed by atoms with Crippen molar-refractivity contribution in [1.29, 1.82) is 0 Å². The molecule has 1 aromatic carbocycles. The minimum absolute atomic E-state index is 0.00779. The fourth-order valence-corrected chi connectivity index (χ4v) is 1.81. The van der Waals surface area contributed by atoms with E-state index in [0.29, 0.717) is 5.92 Å². The molecular weight excluding hydrogens is 224 g/mol. The van der Waals surface area contributed by atoms with E-state index in [-0.39, 0.29) is 12.1 Å². The van der Waals surface area contributed by atoms with Gasteiger partial charge in [-0.3, -0.25) is 0 Å². The smallest absolute Gasteiger partial charge is 0.285 e. The van der Waals surface area contributed by atoms with Crippen molar-refractivity contribution in [3.63, 3.8) is 0 Å². The Kier molecular flexibility index (Phi) is 3.74. The molecule has 4 heteroatoms. The topological polar surface area (TPSA) is 32.3 Å². The lowest BCUT2D eigenvalue weighted by molar-refractivity contribution is -0.00607. The summed E-state index contributed by atoms with van der Waals surface area (Å²) in [5.41, 5.74) is 0.00779. The van der Waals surface area contributed by atoms with Crippen molar-refractivity contribution >= 4 is 0 Å². The van der Waals surface area contributed by atoms with E-state index in [0.717, 1.165) is 12.8 Å². The van der Waals surface area contributed by atoms with Crippen molar-refractivity contribution in [2.45, 2.75) is 24.9 Å². The predicted molar refractivity (Wildman–Crippen MR) is 61.9 cm³/mol. The van der Waals surface area contributed by atoms with Crippen LogP contribution < -0.4 is 5.32 Å². The Bertz CT molecular complexity index is 352. The molecule has 0 saturated heterocycles. The molecule has 1 unspecified atom stereocenters. The highest BCUT2D eigenvalue weighted by molar-refractivity contribution is 5.20. The molecule has 0 aliphatic heterocycles. The third-order valence-corrected chi connectivity index (χ3v) is 3.06. The normalized spacial score (nSPS) is 18.1. The van der Waals surface area contributed by atoms with E-state index in [4.69, 9.17) is 0 Å². The maximum atomic E-state index is 13.7. The highest BCUT2D eigenvalue weighted by Gasteiger charge is 2.33. The van der Waals surface area contributed by atoms with Gasteiger partial charge in [0.25, 0.3) is 5.92 Å². The Balaban J connectivity index is 1.80. The van der Waals surface area contributed by atoms with Gasteiger partial charge in [0.15, 0.2) is 0 Å². The van der Waals surface area contributed by atoms with Crippen molar-refractivity contribution in [2.75, 3.05) is 13.1 Å². The van der Waals surface area contributed by atoms with Gasteiger partial charge in [-0.15, -0.1) is 0 Å². The molecule has 1 aromatic rings. The number of halogens is 2. The van der Waals surface area contributed by atoms with Crippen LogP contribution in [0.1, 0.15) is 18.4 Å². The fraction of sp³-hybridized carbons (Fsp3) is 0.538. The Morgan fingerprint density at radius 2 is 1.94 bits per heavy atom. The third-order valence-electron chi connectivity index (χ3n) is 3.06. The van der Waals surface area contributed by atoms with Crippen LogP contribution in [-0.4, -0.2) is 24.3 Å². The summed E-state index contributed by atoms with van der Waals surface area (Å²) in [6.07, 6.45) is 1.54. The van der Waals surface area contributed by atoms with Gasteiger partial charge in [0, 0.05) is 12.1 Å². The summed E-state index contributed by atoms with van der Waals surface area (Å²) >= 11 is 0. The number of hydrogen-bond acceptors (Lipinski definition) is 2. The molecule has 1 saturated carbocycles. The molecule has 0 amide bonds. The molecule has 1 aliphatic rings. The molecule has 1 fully saturated rings. The zero-order valence-electron chi connectivity index (χ0n) is 9.57. The maximum Gasteiger partial charge on any atom is 0.285 e. The second-order valence-corrected chi connectivity index (χ2v) is 4.61. The monoisotopic (exact) mass is 241 g/mol. The first-order valence-corrected chi connectivity index (χ1v) is 5.92. The number of alkyl halides is 2. The number of benzene rings is 1. The molecule has 17 heavy (non-hydrogen) atoms. The number of aliphatic hydroxyl groups is 1. The van der Waals surface area contributed by atoms with Gasteiger partial charge < -0.3 is 10.4 Å².